The number of urea groups is 1. The smallest absolute Gasteiger partial charge is 0.312 e. The first-order valence-corrected chi connectivity index (χ1v) is 3.76. The van der Waals surface area contributed by atoms with E-state index in [-0.39, 0.29) is 6.04 Å². The van der Waals surface area contributed by atoms with Crippen molar-refractivity contribution in [3.05, 3.63) is 29.8 Å². The lowest BCUT2D eigenvalue weighted by Gasteiger charge is -2.11. The molecular weight excluding hydrogens is 173 g/mol. The molecule has 1 aromatic rings. The van der Waals surface area contributed by atoms with Crippen LogP contribution in [0.1, 0.15) is 18.5 Å². The molecule has 0 saturated heterocycles. The van der Waals surface area contributed by atoms with Gasteiger partial charge in [-0.2, -0.15) is 0 Å². The summed E-state index contributed by atoms with van der Waals surface area (Å²) in [7, 11) is 0. The molecule has 0 fully saturated rings. The molecule has 1 heterocycles. The average Bonchev–Trinajstić information content (AvgIpc) is 2.03. The Morgan fingerprint density at radius 3 is 2.92 bits per heavy atom. The SMILES string of the molecule is CC(NC(N)=O)c1cncc(F)c1. The van der Waals surface area contributed by atoms with Gasteiger partial charge in [0.2, 0.25) is 0 Å². The summed E-state index contributed by atoms with van der Waals surface area (Å²) in [6.07, 6.45) is 2.57. The number of rotatable bonds is 2. The molecule has 1 rings (SSSR count). The number of aromatic nitrogens is 1. The Morgan fingerprint density at radius 1 is 1.69 bits per heavy atom. The summed E-state index contributed by atoms with van der Waals surface area (Å²) < 4.78 is 12.7. The lowest BCUT2D eigenvalue weighted by molar-refractivity contribution is 0.246. The van der Waals surface area contributed by atoms with Gasteiger partial charge in [0, 0.05) is 6.20 Å². The highest BCUT2D eigenvalue weighted by atomic mass is 19.1. The molecule has 0 aliphatic carbocycles. The number of amides is 2. The lowest BCUT2D eigenvalue weighted by Crippen LogP contribution is -2.31. The Balaban J connectivity index is 2.76. The van der Waals surface area contributed by atoms with Crippen molar-refractivity contribution < 1.29 is 9.18 Å². The molecule has 0 radical (unpaired) electrons. The number of hydrogen-bond donors (Lipinski definition) is 2. The van der Waals surface area contributed by atoms with E-state index in [9.17, 15) is 9.18 Å². The van der Waals surface area contributed by atoms with Crippen molar-refractivity contribution in [1.29, 1.82) is 0 Å². The molecule has 0 saturated carbocycles. The quantitative estimate of drug-likeness (QED) is 0.716. The van der Waals surface area contributed by atoms with E-state index in [0.717, 1.165) is 6.20 Å². The summed E-state index contributed by atoms with van der Waals surface area (Å²) in [6, 6.07) is 0.325. The van der Waals surface area contributed by atoms with Crippen molar-refractivity contribution in [2.75, 3.05) is 0 Å². The first kappa shape index (κ1) is 9.44. The summed E-state index contributed by atoms with van der Waals surface area (Å²) in [6.45, 7) is 1.70. The van der Waals surface area contributed by atoms with E-state index >= 15 is 0 Å². The zero-order chi connectivity index (χ0) is 9.84. The van der Waals surface area contributed by atoms with Crippen molar-refractivity contribution in [3.63, 3.8) is 0 Å². The highest BCUT2D eigenvalue weighted by Gasteiger charge is 2.07. The van der Waals surface area contributed by atoms with Crippen molar-refractivity contribution in [2.24, 2.45) is 5.73 Å². The molecule has 5 heteroatoms. The summed E-state index contributed by atoms with van der Waals surface area (Å²) in [4.78, 5) is 14.1. The molecule has 1 atom stereocenters. The summed E-state index contributed by atoms with van der Waals surface area (Å²) >= 11 is 0. The van der Waals surface area contributed by atoms with E-state index < -0.39 is 11.8 Å². The first-order valence-electron chi connectivity index (χ1n) is 3.76. The Kier molecular flexibility index (Phi) is 2.79. The van der Waals surface area contributed by atoms with Crippen LogP contribution >= 0.6 is 0 Å². The van der Waals surface area contributed by atoms with Crippen LogP contribution < -0.4 is 11.1 Å². The van der Waals surface area contributed by atoms with Crippen molar-refractivity contribution in [1.82, 2.24) is 10.3 Å². The van der Waals surface area contributed by atoms with Crippen LogP contribution in [0.15, 0.2) is 18.5 Å². The van der Waals surface area contributed by atoms with Crippen LogP contribution in [-0.4, -0.2) is 11.0 Å². The maximum absolute atomic E-state index is 12.7. The third-order valence-corrected chi connectivity index (χ3v) is 1.58. The van der Waals surface area contributed by atoms with Gasteiger partial charge in [0.25, 0.3) is 0 Å². The Labute approximate surface area is 75.0 Å². The summed E-state index contributed by atoms with van der Waals surface area (Å²) in [5.74, 6) is -0.435. The first-order chi connectivity index (χ1) is 6.09. The number of carbonyl (C=O) groups is 1. The predicted octanol–water partition coefficient (Wildman–Crippen LogP) is 0.950. The molecule has 13 heavy (non-hydrogen) atoms. The van der Waals surface area contributed by atoms with E-state index in [0.29, 0.717) is 5.56 Å². The second-order valence-corrected chi connectivity index (χ2v) is 2.67. The fourth-order valence-corrected chi connectivity index (χ4v) is 0.962. The molecule has 0 bridgehead atoms. The van der Waals surface area contributed by atoms with Crippen molar-refractivity contribution >= 4 is 6.03 Å². The molecule has 1 unspecified atom stereocenters. The van der Waals surface area contributed by atoms with E-state index in [4.69, 9.17) is 5.73 Å². The molecule has 3 N–H and O–H groups in total. The standard InChI is InChI=1S/C8H10FN3O/c1-5(12-8(10)13)6-2-7(9)4-11-3-6/h2-5H,1H3,(H3,10,12,13). The number of hydrogen-bond acceptors (Lipinski definition) is 2. The van der Waals surface area contributed by atoms with Gasteiger partial charge in [0.1, 0.15) is 5.82 Å². The van der Waals surface area contributed by atoms with Gasteiger partial charge in [-0.05, 0) is 18.6 Å². The molecular formula is C8H10FN3O. The molecule has 2 amide bonds. The Morgan fingerprint density at radius 2 is 2.38 bits per heavy atom. The molecule has 0 aliphatic heterocycles. The number of nitrogens with zero attached hydrogens (tertiary/aromatic N) is 1. The summed E-state index contributed by atoms with van der Waals surface area (Å²) in [5, 5.41) is 2.42. The maximum Gasteiger partial charge on any atom is 0.312 e. The largest absolute Gasteiger partial charge is 0.352 e. The number of nitrogens with two attached hydrogens (primary N) is 1. The molecule has 4 nitrogen and oxygen atoms in total. The van der Waals surface area contributed by atoms with E-state index in [2.05, 4.69) is 10.3 Å². The monoisotopic (exact) mass is 183 g/mol. The van der Waals surface area contributed by atoms with Gasteiger partial charge in [0.15, 0.2) is 0 Å². The number of primary amides is 1. The van der Waals surface area contributed by atoms with Crippen LogP contribution in [0.4, 0.5) is 9.18 Å². The lowest BCUT2D eigenvalue weighted by atomic mass is 10.1. The normalized spacial score (nSPS) is 12.2. The van der Waals surface area contributed by atoms with Gasteiger partial charge < -0.3 is 11.1 Å². The second kappa shape index (κ2) is 3.84. The van der Waals surface area contributed by atoms with Crippen LogP contribution in [-0.2, 0) is 0 Å². The topological polar surface area (TPSA) is 68.0 Å². The molecule has 0 aliphatic rings. The Hall–Kier alpha value is -1.65. The summed E-state index contributed by atoms with van der Waals surface area (Å²) in [5.41, 5.74) is 5.49. The van der Waals surface area contributed by atoms with Crippen LogP contribution in [0.25, 0.3) is 0 Å². The maximum atomic E-state index is 12.7. The van der Waals surface area contributed by atoms with E-state index in [1.54, 1.807) is 6.92 Å². The third-order valence-electron chi connectivity index (χ3n) is 1.58. The van der Waals surface area contributed by atoms with Gasteiger partial charge in [0.05, 0.1) is 12.2 Å². The molecule has 0 aromatic carbocycles. The Bertz CT molecular complexity index is 316. The number of carbonyl (C=O) groups excluding carboxylic acids is 1. The minimum atomic E-state index is -0.642. The second-order valence-electron chi connectivity index (χ2n) is 2.67. The van der Waals surface area contributed by atoms with Crippen LogP contribution in [0, 0.1) is 5.82 Å². The van der Waals surface area contributed by atoms with Crippen LogP contribution in [0.5, 0.6) is 0 Å². The van der Waals surface area contributed by atoms with Gasteiger partial charge in [-0.25, -0.2) is 9.18 Å². The van der Waals surface area contributed by atoms with Gasteiger partial charge in [-0.15, -0.1) is 0 Å². The molecule has 1 aromatic heterocycles. The number of halogens is 1. The molecule has 0 spiro atoms. The third kappa shape index (κ3) is 2.70. The number of pyridine rings is 1. The highest BCUT2D eigenvalue weighted by molar-refractivity contribution is 5.72. The van der Waals surface area contributed by atoms with E-state index in [1.807, 2.05) is 0 Å². The zero-order valence-corrected chi connectivity index (χ0v) is 7.12. The fourth-order valence-electron chi connectivity index (χ4n) is 0.962. The van der Waals surface area contributed by atoms with Crippen LogP contribution in [0.2, 0.25) is 0 Å². The minimum Gasteiger partial charge on any atom is -0.352 e. The van der Waals surface area contributed by atoms with Crippen molar-refractivity contribution in [3.8, 4) is 0 Å². The van der Waals surface area contributed by atoms with Gasteiger partial charge >= 0.3 is 6.03 Å². The van der Waals surface area contributed by atoms with Crippen LogP contribution in [0.3, 0.4) is 0 Å². The zero-order valence-electron chi connectivity index (χ0n) is 7.12. The fraction of sp³-hybridized carbons (Fsp3) is 0.250. The number of nitrogens with one attached hydrogen (secondary N) is 1. The minimum absolute atomic E-state index is 0.333. The van der Waals surface area contributed by atoms with Gasteiger partial charge in [-0.1, -0.05) is 0 Å². The van der Waals surface area contributed by atoms with E-state index in [1.165, 1.54) is 12.3 Å². The average molecular weight is 183 g/mol. The van der Waals surface area contributed by atoms with Crippen molar-refractivity contribution in [2.45, 2.75) is 13.0 Å². The van der Waals surface area contributed by atoms with Gasteiger partial charge in [-0.3, -0.25) is 4.98 Å². The predicted molar refractivity (Wildman–Crippen MR) is 45.3 cm³/mol. The molecule has 70 valence electrons. The highest BCUT2D eigenvalue weighted by Crippen LogP contribution is 2.10.